The van der Waals surface area contributed by atoms with Crippen LogP contribution in [-0.4, -0.2) is 0 Å². The van der Waals surface area contributed by atoms with Crippen molar-refractivity contribution in [2.75, 3.05) is 0 Å². The molecule has 0 saturated carbocycles. The zero-order valence-electron chi connectivity index (χ0n) is 12.6. The van der Waals surface area contributed by atoms with Crippen LogP contribution in [0.3, 0.4) is 0 Å². The highest BCUT2D eigenvalue weighted by atomic mass is 14.2. The van der Waals surface area contributed by atoms with Crippen molar-refractivity contribution in [3.8, 4) is 0 Å². The average molecular weight is 226 g/mol. The molecule has 0 fully saturated rings. The first-order valence-corrected chi connectivity index (χ1v) is 6.94. The molecule has 0 amide bonds. The summed E-state index contributed by atoms with van der Waals surface area (Å²) in [6, 6.07) is 0. The summed E-state index contributed by atoms with van der Waals surface area (Å²) in [7, 11) is 0. The van der Waals surface area contributed by atoms with Gasteiger partial charge in [-0.05, 0) is 30.6 Å². The minimum atomic E-state index is 0.522. The van der Waals surface area contributed by atoms with Gasteiger partial charge in [-0.25, -0.2) is 0 Å². The molecule has 0 N–H and O–H groups in total. The first-order valence-electron chi connectivity index (χ1n) is 6.94. The molecular weight excluding hydrogens is 192 g/mol. The smallest absolute Gasteiger partial charge is 0.0353 e. The molecule has 0 saturated heterocycles. The summed E-state index contributed by atoms with van der Waals surface area (Å²) in [4.78, 5) is 0. The maximum atomic E-state index is 3.66. The molecule has 0 aliphatic rings. The molecule has 98 valence electrons. The Morgan fingerprint density at radius 3 is 1.88 bits per heavy atom. The van der Waals surface area contributed by atoms with Gasteiger partial charge in [0.05, 0.1) is 0 Å². The van der Waals surface area contributed by atoms with E-state index >= 15 is 0 Å². The van der Waals surface area contributed by atoms with Crippen LogP contribution in [0.5, 0.6) is 0 Å². The Labute approximate surface area is 105 Å². The van der Waals surface area contributed by atoms with Gasteiger partial charge in [0.1, 0.15) is 0 Å². The lowest BCUT2D eigenvalue weighted by molar-refractivity contribution is 0.320. The van der Waals surface area contributed by atoms with Crippen LogP contribution < -0.4 is 0 Å². The molecule has 0 rings (SSSR count). The van der Waals surface area contributed by atoms with Gasteiger partial charge in [0, 0.05) is 0 Å². The average Bonchev–Trinajstić information content (AvgIpc) is 2.09. The third-order valence-corrected chi connectivity index (χ3v) is 2.28. The lowest BCUT2D eigenvalue weighted by Crippen LogP contribution is -2.08. The van der Waals surface area contributed by atoms with Gasteiger partial charge in [0.25, 0.3) is 0 Å². The summed E-state index contributed by atoms with van der Waals surface area (Å²) in [6.07, 6.45) is 9.94. The Balaban J connectivity index is 0. The highest BCUT2D eigenvalue weighted by Gasteiger charge is 2.11. The number of hydrogen-bond donors (Lipinski definition) is 0. The van der Waals surface area contributed by atoms with Crippen molar-refractivity contribution in [1.82, 2.24) is 0 Å². The fraction of sp³-hybridized carbons (Fsp3) is 0.875. The van der Waals surface area contributed by atoms with Gasteiger partial charge in [0.15, 0.2) is 0 Å². The lowest BCUT2D eigenvalue weighted by Gasteiger charge is -2.19. The Bertz CT molecular complexity index is 137. The molecule has 0 aromatic rings. The molecule has 16 heavy (non-hydrogen) atoms. The summed E-state index contributed by atoms with van der Waals surface area (Å²) in [5.74, 6) is 0.843. The van der Waals surface area contributed by atoms with E-state index < -0.39 is 0 Å². The molecule has 0 radical (unpaired) electrons. The maximum Gasteiger partial charge on any atom is -0.0353 e. The second kappa shape index (κ2) is 11.2. The molecule has 0 heteroatoms. The van der Waals surface area contributed by atoms with Crippen molar-refractivity contribution >= 4 is 0 Å². The molecule has 0 bridgehead atoms. The van der Waals surface area contributed by atoms with Crippen molar-refractivity contribution in [2.24, 2.45) is 11.3 Å². The van der Waals surface area contributed by atoms with Crippen LogP contribution in [0.1, 0.15) is 80.1 Å². The molecule has 0 aliphatic heterocycles. The van der Waals surface area contributed by atoms with Gasteiger partial charge in [-0.1, -0.05) is 66.9 Å². The van der Waals surface area contributed by atoms with Crippen LogP contribution in [-0.2, 0) is 0 Å². The van der Waals surface area contributed by atoms with Crippen LogP contribution in [0.15, 0.2) is 12.7 Å². The van der Waals surface area contributed by atoms with Gasteiger partial charge < -0.3 is 0 Å². The fourth-order valence-electron chi connectivity index (χ4n) is 1.94. The third-order valence-electron chi connectivity index (χ3n) is 2.28. The molecular formula is C16H34. The van der Waals surface area contributed by atoms with Gasteiger partial charge >= 0.3 is 0 Å². The van der Waals surface area contributed by atoms with Crippen molar-refractivity contribution < 1.29 is 0 Å². The van der Waals surface area contributed by atoms with E-state index in [1.807, 2.05) is 6.08 Å². The predicted molar refractivity (Wildman–Crippen MR) is 77.9 cm³/mol. The predicted octanol–water partition coefficient (Wildman–Crippen LogP) is 6.22. The Morgan fingerprint density at radius 1 is 1.06 bits per heavy atom. The van der Waals surface area contributed by atoms with E-state index in [0.29, 0.717) is 5.41 Å². The van der Waals surface area contributed by atoms with E-state index in [9.17, 15) is 0 Å². The van der Waals surface area contributed by atoms with E-state index in [-0.39, 0.29) is 0 Å². The van der Waals surface area contributed by atoms with E-state index in [2.05, 4.69) is 48.1 Å². The zero-order valence-corrected chi connectivity index (χ0v) is 12.6. The highest BCUT2D eigenvalue weighted by molar-refractivity contribution is 4.65. The van der Waals surface area contributed by atoms with Crippen LogP contribution >= 0.6 is 0 Å². The van der Waals surface area contributed by atoms with Crippen molar-refractivity contribution in [1.29, 1.82) is 0 Å². The minimum Gasteiger partial charge on any atom is -0.103 e. The van der Waals surface area contributed by atoms with Gasteiger partial charge in [0.2, 0.25) is 0 Å². The second-order valence-corrected chi connectivity index (χ2v) is 6.30. The Morgan fingerprint density at radius 2 is 1.62 bits per heavy atom. The second-order valence-electron chi connectivity index (χ2n) is 6.30. The number of hydrogen-bond acceptors (Lipinski definition) is 0. The van der Waals surface area contributed by atoms with Gasteiger partial charge in [-0.3, -0.25) is 0 Å². The van der Waals surface area contributed by atoms with Crippen LogP contribution in [0.4, 0.5) is 0 Å². The van der Waals surface area contributed by atoms with Crippen molar-refractivity contribution in [3.63, 3.8) is 0 Å². The largest absolute Gasteiger partial charge is 0.103 e. The SMILES string of the molecule is C=CCCCCCC.CC(C)CC(C)(C)C. The van der Waals surface area contributed by atoms with Crippen molar-refractivity contribution in [2.45, 2.75) is 80.1 Å². The van der Waals surface area contributed by atoms with E-state index in [0.717, 1.165) is 5.92 Å². The van der Waals surface area contributed by atoms with Crippen molar-refractivity contribution in [3.05, 3.63) is 12.7 Å². The van der Waals surface area contributed by atoms with Gasteiger partial charge in [-0.2, -0.15) is 0 Å². The molecule has 0 spiro atoms. The van der Waals surface area contributed by atoms with Crippen LogP contribution in [0, 0.1) is 11.3 Å². The van der Waals surface area contributed by atoms with E-state index in [1.54, 1.807) is 0 Å². The van der Waals surface area contributed by atoms with E-state index in [1.165, 1.54) is 38.5 Å². The third kappa shape index (κ3) is 23.5. The fourth-order valence-corrected chi connectivity index (χ4v) is 1.94. The first-order chi connectivity index (χ1) is 7.33. The first kappa shape index (κ1) is 18.1. The molecule has 0 aromatic carbocycles. The summed E-state index contributed by atoms with van der Waals surface area (Å²) < 4.78 is 0. The molecule has 0 unspecified atom stereocenters. The van der Waals surface area contributed by atoms with Crippen LogP contribution in [0.2, 0.25) is 0 Å². The molecule has 0 nitrogen and oxygen atoms in total. The maximum absolute atomic E-state index is 3.66. The summed E-state index contributed by atoms with van der Waals surface area (Å²) in [5, 5.41) is 0. The summed E-state index contributed by atoms with van der Waals surface area (Å²) in [6.45, 7) is 17.3. The van der Waals surface area contributed by atoms with Gasteiger partial charge in [-0.15, -0.1) is 6.58 Å². The van der Waals surface area contributed by atoms with Crippen LogP contribution in [0.25, 0.3) is 0 Å². The van der Waals surface area contributed by atoms with E-state index in [4.69, 9.17) is 0 Å². The number of unbranched alkanes of at least 4 members (excludes halogenated alkanes) is 4. The topological polar surface area (TPSA) is 0 Å². The zero-order chi connectivity index (χ0) is 13.0. The quantitative estimate of drug-likeness (QED) is 0.372. The lowest BCUT2D eigenvalue weighted by atomic mass is 9.86. The highest BCUT2D eigenvalue weighted by Crippen LogP contribution is 2.23. The Kier molecular flexibility index (Phi) is 12.7. The summed E-state index contributed by atoms with van der Waals surface area (Å²) >= 11 is 0. The number of allylic oxidation sites excluding steroid dienone is 1. The molecule has 0 heterocycles. The Hall–Kier alpha value is -0.260. The standard InChI is InChI=1S/C8H18.C8H16/c1-7(2)6-8(3,4)5;1-3-5-7-8-6-4-2/h7H,6H2,1-5H3;3H,1,4-8H2,2H3. The number of rotatable bonds is 6. The summed E-state index contributed by atoms with van der Waals surface area (Å²) in [5.41, 5.74) is 0.522. The molecule has 0 atom stereocenters. The molecule has 0 aromatic heterocycles. The monoisotopic (exact) mass is 226 g/mol. The normalized spacial score (nSPS) is 10.9. The molecule has 0 aliphatic carbocycles. The minimum absolute atomic E-state index is 0.522.